The molecule has 8 aliphatic rings. The SMILES string of the molecule is CC(=O)OC[C@H]1O[C@@H](O[C@H]2[C@@H](O)[C@@H](C)O[C@@H](O[C@H]3CC[C@@]4(C)[C@@H](CC[C@]5(C)[C@@H]4C=CC46OCC7(CCC(C)(C)C[C@H]74)[C@H](O)C[C@]65C)[C@]3(C)CO)[C@@H]2O)[C@H](O)[C@@H](O)[C@@H]1O. The van der Waals surface area contributed by atoms with Crippen LogP contribution in [0.15, 0.2) is 12.2 Å². The van der Waals surface area contributed by atoms with Gasteiger partial charge in [0, 0.05) is 29.1 Å². The Balaban J connectivity index is 1.03. The summed E-state index contributed by atoms with van der Waals surface area (Å²) in [7, 11) is 0. The lowest BCUT2D eigenvalue weighted by atomic mass is 9.32. The predicted molar refractivity (Wildman–Crippen MR) is 206 cm³/mol. The number of ether oxygens (including phenoxy) is 6. The second kappa shape index (κ2) is 14.4. The molecule has 5 aliphatic carbocycles. The summed E-state index contributed by atoms with van der Waals surface area (Å²) in [6, 6.07) is 0. The number of aliphatic hydroxyl groups excluding tert-OH is 7. The molecule has 0 amide bonds. The van der Waals surface area contributed by atoms with Gasteiger partial charge in [-0.2, -0.15) is 0 Å². The van der Waals surface area contributed by atoms with E-state index in [2.05, 4.69) is 53.7 Å². The van der Waals surface area contributed by atoms with Gasteiger partial charge in [-0.3, -0.25) is 4.79 Å². The van der Waals surface area contributed by atoms with Crippen LogP contribution < -0.4 is 0 Å². The van der Waals surface area contributed by atoms with Gasteiger partial charge in [0.05, 0.1) is 37.1 Å². The fraction of sp³-hybridized carbons (Fsp3) is 0.932. The van der Waals surface area contributed by atoms with Crippen molar-refractivity contribution < 1.29 is 69.0 Å². The predicted octanol–water partition coefficient (Wildman–Crippen LogP) is 2.35. The Labute approximate surface area is 342 Å². The number of rotatable bonds is 7. The largest absolute Gasteiger partial charge is 0.463 e. The van der Waals surface area contributed by atoms with Gasteiger partial charge >= 0.3 is 5.97 Å². The van der Waals surface area contributed by atoms with Gasteiger partial charge in [0.2, 0.25) is 0 Å². The van der Waals surface area contributed by atoms with Crippen LogP contribution in [-0.2, 0) is 33.2 Å². The van der Waals surface area contributed by atoms with E-state index in [0.29, 0.717) is 19.4 Å². The molecule has 4 saturated carbocycles. The van der Waals surface area contributed by atoms with E-state index in [-0.39, 0.29) is 51.4 Å². The molecular formula is C44H70O14. The van der Waals surface area contributed by atoms with Crippen molar-refractivity contribution in [2.45, 2.75) is 186 Å². The minimum absolute atomic E-state index is 0.0264. The summed E-state index contributed by atoms with van der Waals surface area (Å²) in [5, 5.41) is 78.2. The maximum atomic E-state index is 12.2. The number of fused-ring (bicyclic) bond motifs is 4. The molecule has 7 N–H and O–H groups in total. The van der Waals surface area contributed by atoms with Crippen molar-refractivity contribution in [3.8, 4) is 0 Å². The van der Waals surface area contributed by atoms with E-state index in [1.54, 1.807) is 6.92 Å². The lowest BCUT2D eigenvalue weighted by Crippen LogP contribution is -2.72. The summed E-state index contributed by atoms with van der Waals surface area (Å²) in [6.07, 6.45) is -3.78. The summed E-state index contributed by atoms with van der Waals surface area (Å²) in [4.78, 5) is 11.4. The van der Waals surface area contributed by atoms with E-state index < -0.39 is 97.2 Å². The Kier molecular flexibility index (Phi) is 10.8. The molecule has 58 heavy (non-hydrogen) atoms. The van der Waals surface area contributed by atoms with Crippen molar-refractivity contribution in [2.24, 2.45) is 50.2 Å². The van der Waals surface area contributed by atoms with E-state index in [0.717, 1.165) is 38.5 Å². The molecule has 1 spiro atoms. The Hall–Kier alpha value is -1.27. The highest BCUT2D eigenvalue weighted by Crippen LogP contribution is 2.79. The van der Waals surface area contributed by atoms with Gasteiger partial charge in [-0.05, 0) is 86.4 Å². The summed E-state index contributed by atoms with van der Waals surface area (Å²) >= 11 is 0. The van der Waals surface area contributed by atoms with Gasteiger partial charge in [0.15, 0.2) is 12.6 Å². The zero-order valence-corrected chi connectivity index (χ0v) is 35.6. The number of allylic oxidation sites excluding steroid dienone is 1. The third kappa shape index (κ3) is 5.97. The highest BCUT2D eigenvalue weighted by atomic mass is 16.7. The van der Waals surface area contributed by atoms with Crippen LogP contribution in [0.3, 0.4) is 0 Å². The van der Waals surface area contributed by atoms with Crippen LogP contribution >= 0.6 is 0 Å². The molecule has 14 nitrogen and oxygen atoms in total. The zero-order valence-electron chi connectivity index (χ0n) is 35.6. The zero-order chi connectivity index (χ0) is 42.2. The normalized spacial score (nSPS) is 57.1. The van der Waals surface area contributed by atoms with Crippen LogP contribution in [0.25, 0.3) is 0 Å². The molecule has 0 radical (unpaired) electrons. The van der Waals surface area contributed by atoms with Crippen LogP contribution in [0.2, 0.25) is 0 Å². The molecule has 0 aromatic rings. The third-order valence-corrected chi connectivity index (χ3v) is 18.2. The average Bonchev–Trinajstić information content (AvgIpc) is 3.44. The van der Waals surface area contributed by atoms with Crippen molar-refractivity contribution in [2.75, 3.05) is 19.8 Å². The molecular weight excluding hydrogens is 752 g/mol. The fourth-order valence-electron chi connectivity index (χ4n) is 14.5. The third-order valence-electron chi connectivity index (χ3n) is 18.2. The first-order chi connectivity index (χ1) is 27.0. The molecule has 3 aliphatic heterocycles. The van der Waals surface area contributed by atoms with Crippen LogP contribution in [-0.4, -0.2) is 141 Å². The summed E-state index contributed by atoms with van der Waals surface area (Å²) < 4.78 is 36.5. The van der Waals surface area contributed by atoms with E-state index in [1.807, 2.05) is 0 Å². The molecule has 3 saturated heterocycles. The van der Waals surface area contributed by atoms with Crippen LogP contribution in [0.4, 0.5) is 0 Å². The molecule has 7 fully saturated rings. The first-order valence-corrected chi connectivity index (χ1v) is 21.8. The maximum Gasteiger partial charge on any atom is 0.302 e. The van der Waals surface area contributed by atoms with Crippen LogP contribution in [0.5, 0.6) is 0 Å². The lowest BCUT2D eigenvalue weighted by Gasteiger charge is -2.73. The fourth-order valence-corrected chi connectivity index (χ4v) is 14.5. The summed E-state index contributed by atoms with van der Waals surface area (Å²) in [5.74, 6) is -0.223. The smallest absolute Gasteiger partial charge is 0.302 e. The Morgan fingerprint density at radius 3 is 2.19 bits per heavy atom. The van der Waals surface area contributed by atoms with Gasteiger partial charge < -0.3 is 64.2 Å². The minimum atomic E-state index is -1.76. The highest BCUT2D eigenvalue weighted by Gasteiger charge is 2.79. The Morgan fingerprint density at radius 2 is 1.50 bits per heavy atom. The van der Waals surface area contributed by atoms with Gasteiger partial charge in [-0.15, -0.1) is 0 Å². The number of hydrogen-bond acceptors (Lipinski definition) is 14. The summed E-state index contributed by atoms with van der Waals surface area (Å²) in [6.45, 7) is 16.8. The average molecular weight is 823 g/mol. The molecule has 21 atom stereocenters. The second-order valence-electron chi connectivity index (χ2n) is 21.6. The number of carbonyl (C=O) groups excluding carboxylic acids is 1. The van der Waals surface area contributed by atoms with Crippen molar-refractivity contribution >= 4 is 5.97 Å². The number of hydrogen-bond donors (Lipinski definition) is 7. The van der Waals surface area contributed by atoms with E-state index >= 15 is 0 Å². The van der Waals surface area contributed by atoms with E-state index in [1.165, 1.54) is 6.92 Å². The first kappa shape index (κ1) is 43.4. The standard InChI is InChI=1S/C44H70O14/c1-22-30(48)35(58-36-33(51)32(50)31(49)24(56-36)19-53-23(2)46)34(52)37(55-22)57-29-11-12-39(5)25(40(29,6)20-45)9-13-41(7)26(39)10-14-44-27-17-38(3,4)15-16-43(27,21-54-44)28(47)18-42(41,44)8/h10,14,22,24-37,45,47-52H,9,11-13,15-21H2,1-8H3/t22-,24-,25-,26-,27-,28-,29+,30+,31-,32+,33-,34-,35+,36+,37+,39+,40+,41-,42+,43?,44?/m1/s1. The molecule has 2 bridgehead atoms. The molecule has 0 aromatic heterocycles. The van der Waals surface area contributed by atoms with Gasteiger partial charge in [0.25, 0.3) is 0 Å². The summed E-state index contributed by atoms with van der Waals surface area (Å²) in [5.41, 5.74) is -1.98. The van der Waals surface area contributed by atoms with Crippen LogP contribution in [0, 0.1) is 50.2 Å². The lowest BCUT2D eigenvalue weighted by molar-refractivity contribution is -0.367. The monoisotopic (exact) mass is 822 g/mol. The van der Waals surface area contributed by atoms with Crippen molar-refractivity contribution in [1.82, 2.24) is 0 Å². The van der Waals surface area contributed by atoms with Crippen LogP contribution in [0.1, 0.15) is 107 Å². The highest BCUT2D eigenvalue weighted by molar-refractivity contribution is 5.65. The number of esters is 1. The number of aliphatic hydroxyl groups is 7. The molecule has 3 heterocycles. The molecule has 14 heteroatoms. The topological polar surface area (TPSA) is 214 Å². The minimum Gasteiger partial charge on any atom is -0.463 e. The maximum absolute atomic E-state index is 12.2. The first-order valence-electron chi connectivity index (χ1n) is 21.8. The molecule has 0 aromatic carbocycles. The van der Waals surface area contributed by atoms with Crippen molar-refractivity contribution in [1.29, 1.82) is 0 Å². The van der Waals surface area contributed by atoms with Crippen molar-refractivity contribution in [3.05, 3.63) is 12.2 Å². The quantitative estimate of drug-likeness (QED) is 0.112. The van der Waals surface area contributed by atoms with E-state index in [9.17, 15) is 40.5 Å². The van der Waals surface area contributed by atoms with Gasteiger partial charge in [-0.25, -0.2) is 0 Å². The van der Waals surface area contributed by atoms with E-state index in [4.69, 9.17) is 28.4 Å². The number of carbonyl (C=O) groups is 1. The molecule has 2 unspecified atom stereocenters. The van der Waals surface area contributed by atoms with Gasteiger partial charge in [0.1, 0.15) is 49.3 Å². The van der Waals surface area contributed by atoms with Gasteiger partial charge in [-0.1, -0.05) is 53.7 Å². The van der Waals surface area contributed by atoms with Crippen molar-refractivity contribution in [3.63, 3.8) is 0 Å². The molecule has 8 rings (SSSR count). The second-order valence-corrected chi connectivity index (χ2v) is 21.6. The molecule has 330 valence electrons. The Morgan fingerprint density at radius 1 is 0.793 bits per heavy atom. The Bertz CT molecular complexity index is 1610.